The topological polar surface area (TPSA) is 76.4 Å². The Kier molecular flexibility index (Phi) is 3.75. The molecule has 17 heavy (non-hydrogen) atoms. The molecule has 2 unspecified atom stereocenters. The molecule has 2 rings (SSSR count). The number of amides is 1. The average molecular weight is 239 g/mol. The molecular formula is C11H17N3O3. The van der Waals surface area contributed by atoms with Gasteiger partial charge < -0.3 is 19.9 Å². The zero-order chi connectivity index (χ0) is 12.3. The van der Waals surface area contributed by atoms with E-state index in [9.17, 15) is 4.79 Å². The third-order valence-electron chi connectivity index (χ3n) is 2.90. The Morgan fingerprint density at radius 2 is 2.41 bits per heavy atom. The fraction of sp³-hybridized carbons (Fsp3) is 0.636. The molecular weight excluding hydrogens is 222 g/mol. The standard InChI is InChI=1S/C11H17N3O3/c1-7-3-8(17-14-7)4-13-11(15)9-5-16-6-10(9)12-2/h3,9-10,12H,4-6H2,1-2H3,(H,13,15). The minimum atomic E-state index is -0.135. The van der Waals surface area contributed by atoms with E-state index in [4.69, 9.17) is 9.26 Å². The number of nitrogens with zero attached hydrogens (tertiary/aromatic N) is 1. The van der Waals surface area contributed by atoms with Crippen molar-refractivity contribution in [1.29, 1.82) is 0 Å². The average Bonchev–Trinajstić information content (AvgIpc) is 2.94. The Bertz CT molecular complexity index is 391. The molecule has 2 heterocycles. The van der Waals surface area contributed by atoms with Gasteiger partial charge >= 0.3 is 0 Å². The van der Waals surface area contributed by atoms with Gasteiger partial charge in [-0.15, -0.1) is 0 Å². The van der Waals surface area contributed by atoms with E-state index < -0.39 is 0 Å². The summed E-state index contributed by atoms with van der Waals surface area (Å²) < 4.78 is 10.3. The number of aryl methyl sites for hydroxylation is 1. The van der Waals surface area contributed by atoms with E-state index in [-0.39, 0.29) is 17.9 Å². The summed E-state index contributed by atoms with van der Waals surface area (Å²) in [6.07, 6.45) is 0. The van der Waals surface area contributed by atoms with Gasteiger partial charge in [-0.2, -0.15) is 0 Å². The number of nitrogens with one attached hydrogen (secondary N) is 2. The summed E-state index contributed by atoms with van der Waals surface area (Å²) in [7, 11) is 1.83. The molecule has 1 aliphatic rings. The van der Waals surface area contributed by atoms with Crippen LogP contribution in [0.15, 0.2) is 10.6 Å². The fourth-order valence-electron chi connectivity index (χ4n) is 1.90. The van der Waals surface area contributed by atoms with Crippen LogP contribution in [0.4, 0.5) is 0 Å². The summed E-state index contributed by atoms with van der Waals surface area (Å²) in [5.41, 5.74) is 0.812. The second-order valence-corrected chi connectivity index (χ2v) is 4.19. The smallest absolute Gasteiger partial charge is 0.227 e. The highest BCUT2D eigenvalue weighted by Crippen LogP contribution is 2.13. The number of rotatable bonds is 4. The Hall–Kier alpha value is -1.40. The molecule has 6 nitrogen and oxygen atoms in total. The first-order valence-electron chi connectivity index (χ1n) is 5.65. The molecule has 2 N–H and O–H groups in total. The van der Waals surface area contributed by atoms with Crippen LogP contribution in [0.1, 0.15) is 11.5 Å². The summed E-state index contributed by atoms with van der Waals surface area (Å²) >= 11 is 0. The lowest BCUT2D eigenvalue weighted by Gasteiger charge is -2.15. The molecule has 0 aliphatic carbocycles. The van der Waals surface area contributed by atoms with Crippen LogP contribution in [0.25, 0.3) is 0 Å². The van der Waals surface area contributed by atoms with E-state index in [0.717, 1.165) is 5.69 Å². The summed E-state index contributed by atoms with van der Waals surface area (Å²) in [5.74, 6) is 0.510. The molecule has 0 spiro atoms. The maximum absolute atomic E-state index is 11.9. The van der Waals surface area contributed by atoms with Gasteiger partial charge in [-0.25, -0.2) is 0 Å². The molecule has 1 aromatic heterocycles. The first-order chi connectivity index (χ1) is 8.20. The Morgan fingerprint density at radius 3 is 3.06 bits per heavy atom. The van der Waals surface area contributed by atoms with Gasteiger partial charge in [0.05, 0.1) is 31.4 Å². The largest absolute Gasteiger partial charge is 0.379 e. The molecule has 1 aliphatic heterocycles. The maximum Gasteiger partial charge on any atom is 0.227 e. The number of hydrogen-bond donors (Lipinski definition) is 2. The van der Waals surface area contributed by atoms with E-state index >= 15 is 0 Å². The van der Waals surface area contributed by atoms with Gasteiger partial charge in [0.2, 0.25) is 5.91 Å². The number of likely N-dealkylation sites (N-methyl/N-ethyl adjacent to an activating group) is 1. The lowest BCUT2D eigenvalue weighted by atomic mass is 10.0. The predicted molar refractivity (Wildman–Crippen MR) is 60.2 cm³/mol. The van der Waals surface area contributed by atoms with Crippen LogP contribution in [0, 0.1) is 12.8 Å². The number of carbonyl (C=O) groups excluding carboxylic acids is 1. The maximum atomic E-state index is 11.9. The zero-order valence-corrected chi connectivity index (χ0v) is 10.0. The van der Waals surface area contributed by atoms with E-state index in [1.54, 1.807) is 6.07 Å². The number of hydrogen-bond acceptors (Lipinski definition) is 5. The van der Waals surface area contributed by atoms with E-state index in [0.29, 0.717) is 25.5 Å². The van der Waals surface area contributed by atoms with Crippen molar-refractivity contribution < 1.29 is 14.1 Å². The van der Waals surface area contributed by atoms with Crippen molar-refractivity contribution in [2.24, 2.45) is 5.92 Å². The van der Waals surface area contributed by atoms with E-state index in [2.05, 4.69) is 15.8 Å². The lowest BCUT2D eigenvalue weighted by molar-refractivity contribution is -0.125. The second-order valence-electron chi connectivity index (χ2n) is 4.19. The Labute approximate surface area is 99.7 Å². The van der Waals surface area contributed by atoms with Crippen LogP contribution in [-0.2, 0) is 16.1 Å². The predicted octanol–water partition coefficient (Wildman–Crippen LogP) is -0.166. The molecule has 94 valence electrons. The third kappa shape index (κ3) is 2.83. The van der Waals surface area contributed by atoms with Crippen molar-refractivity contribution in [3.63, 3.8) is 0 Å². The van der Waals surface area contributed by atoms with Crippen molar-refractivity contribution >= 4 is 5.91 Å². The molecule has 0 aromatic carbocycles. The van der Waals surface area contributed by atoms with Crippen molar-refractivity contribution in [3.8, 4) is 0 Å². The summed E-state index contributed by atoms with van der Waals surface area (Å²) in [6, 6.07) is 1.90. The van der Waals surface area contributed by atoms with Gasteiger partial charge in [0, 0.05) is 12.1 Å². The monoisotopic (exact) mass is 239 g/mol. The van der Waals surface area contributed by atoms with Crippen LogP contribution in [0.3, 0.4) is 0 Å². The highest BCUT2D eigenvalue weighted by atomic mass is 16.5. The fourth-order valence-corrected chi connectivity index (χ4v) is 1.90. The van der Waals surface area contributed by atoms with Crippen molar-refractivity contribution in [3.05, 3.63) is 17.5 Å². The van der Waals surface area contributed by atoms with Gasteiger partial charge in [0.15, 0.2) is 5.76 Å². The molecule has 6 heteroatoms. The minimum absolute atomic E-state index is 0.0177. The van der Waals surface area contributed by atoms with Crippen LogP contribution in [0.2, 0.25) is 0 Å². The van der Waals surface area contributed by atoms with Crippen LogP contribution < -0.4 is 10.6 Å². The van der Waals surface area contributed by atoms with Gasteiger partial charge in [-0.1, -0.05) is 5.16 Å². The zero-order valence-electron chi connectivity index (χ0n) is 10.0. The van der Waals surface area contributed by atoms with Gasteiger partial charge in [-0.3, -0.25) is 4.79 Å². The van der Waals surface area contributed by atoms with Crippen LogP contribution in [0.5, 0.6) is 0 Å². The molecule has 2 atom stereocenters. The number of aromatic nitrogens is 1. The first-order valence-corrected chi connectivity index (χ1v) is 5.65. The molecule has 0 saturated carbocycles. The molecule has 1 amide bonds. The van der Waals surface area contributed by atoms with Gasteiger partial charge in [-0.05, 0) is 14.0 Å². The summed E-state index contributed by atoms with van der Waals surface area (Å²) in [4.78, 5) is 11.9. The highest BCUT2D eigenvalue weighted by molar-refractivity contribution is 5.79. The molecule has 0 bridgehead atoms. The van der Waals surface area contributed by atoms with Crippen molar-refractivity contribution in [2.45, 2.75) is 19.5 Å². The van der Waals surface area contributed by atoms with E-state index in [1.165, 1.54) is 0 Å². The molecule has 1 aromatic rings. The van der Waals surface area contributed by atoms with Crippen LogP contribution >= 0.6 is 0 Å². The SMILES string of the molecule is CNC1COCC1C(=O)NCc1cc(C)no1. The third-order valence-corrected chi connectivity index (χ3v) is 2.90. The molecule has 1 fully saturated rings. The lowest BCUT2D eigenvalue weighted by Crippen LogP contribution is -2.42. The van der Waals surface area contributed by atoms with Crippen LogP contribution in [-0.4, -0.2) is 37.4 Å². The first kappa shape index (κ1) is 12.1. The summed E-state index contributed by atoms with van der Waals surface area (Å²) in [6.45, 7) is 3.26. The number of carbonyl (C=O) groups is 1. The summed E-state index contributed by atoms with van der Waals surface area (Å²) in [5, 5.41) is 9.66. The highest BCUT2D eigenvalue weighted by Gasteiger charge is 2.32. The molecule has 1 saturated heterocycles. The van der Waals surface area contributed by atoms with Gasteiger partial charge in [0.25, 0.3) is 0 Å². The minimum Gasteiger partial charge on any atom is -0.379 e. The number of ether oxygens (including phenoxy) is 1. The second kappa shape index (κ2) is 5.29. The van der Waals surface area contributed by atoms with E-state index in [1.807, 2.05) is 14.0 Å². The molecule has 0 radical (unpaired) electrons. The van der Waals surface area contributed by atoms with Gasteiger partial charge in [0.1, 0.15) is 0 Å². The van der Waals surface area contributed by atoms with Crippen molar-refractivity contribution in [2.75, 3.05) is 20.3 Å². The van der Waals surface area contributed by atoms with Crippen molar-refractivity contribution in [1.82, 2.24) is 15.8 Å². The normalized spacial score (nSPS) is 23.9. The Balaban J connectivity index is 1.84. The quantitative estimate of drug-likeness (QED) is 0.763. The Morgan fingerprint density at radius 1 is 1.59 bits per heavy atom.